The summed E-state index contributed by atoms with van der Waals surface area (Å²) >= 11 is 0. The Kier molecular flexibility index (Phi) is 8.14. The molecule has 1 aliphatic rings. The van der Waals surface area contributed by atoms with Gasteiger partial charge in [-0.25, -0.2) is 0 Å². The van der Waals surface area contributed by atoms with E-state index < -0.39 is 6.04 Å². The normalized spacial score (nSPS) is 14.6. The maximum atomic E-state index is 13.2. The molecule has 6 nitrogen and oxygen atoms in total. The second kappa shape index (κ2) is 11.0. The number of carbonyl (C=O) groups is 2. The van der Waals surface area contributed by atoms with E-state index in [1.807, 2.05) is 50.2 Å². The molecule has 0 aromatic heterocycles. The van der Waals surface area contributed by atoms with Crippen molar-refractivity contribution in [2.45, 2.75) is 65.1 Å². The molecule has 3 rings (SSSR count). The fourth-order valence-electron chi connectivity index (χ4n) is 4.15. The molecule has 2 amide bonds. The summed E-state index contributed by atoms with van der Waals surface area (Å²) in [6, 6.07) is 13.0. The number of carbonyl (C=O) groups excluding carboxylic acids is 2. The maximum Gasteiger partial charge on any atom is 0.261 e. The highest BCUT2D eigenvalue weighted by Gasteiger charge is 2.28. The van der Waals surface area contributed by atoms with Gasteiger partial charge in [0.2, 0.25) is 5.91 Å². The highest BCUT2D eigenvalue weighted by molar-refractivity contribution is 5.88. The smallest absolute Gasteiger partial charge is 0.261 e. The average Bonchev–Trinajstić information content (AvgIpc) is 3.28. The van der Waals surface area contributed by atoms with Gasteiger partial charge in [-0.3, -0.25) is 9.59 Å². The Labute approximate surface area is 190 Å². The van der Waals surface area contributed by atoms with Gasteiger partial charge in [-0.1, -0.05) is 31.0 Å². The van der Waals surface area contributed by atoms with Crippen molar-refractivity contribution in [1.82, 2.24) is 10.2 Å². The number of nitrogens with zero attached hydrogens (tertiary/aromatic N) is 1. The maximum absolute atomic E-state index is 13.2. The van der Waals surface area contributed by atoms with Crippen LogP contribution < -0.4 is 14.8 Å². The lowest BCUT2D eigenvalue weighted by molar-refractivity contribution is -0.142. The Morgan fingerprint density at radius 3 is 2.25 bits per heavy atom. The van der Waals surface area contributed by atoms with Gasteiger partial charge >= 0.3 is 0 Å². The van der Waals surface area contributed by atoms with Gasteiger partial charge in [-0.05, 0) is 74.6 Å². The fraction of sp³-hybridized carbons (Fsp3) is 0.462. The Hall–Kier alpha value is -3.02. The topological polar surface area (TPSA) is 67.9 Å². The predicted molar refractivity (Wildman–Crippen MR) is 125 cm³/mol. The summed E-state index contributed by atoms with van der Waals surface area (Å²) in [4.78, 5) is 27.7. The van der Waals surface area contributed by atoms with Crippen LogP contribution >= 0.6 is 0 Å². The Bertz CT molecular complexity index is 900. The van der Waals surface area contributed by atoms with Crippen LogP contribution in [-0.2, 0) is 16.1 Å². The van der Waals surface area contributed by atoms with Crippen LogP contribution in [0.5, 0.6) is 11.5 Å². The van der Waals surface area contributed by atoms with Crippen molar-refractivity contribution in [2.75, 3.05) is 13.7 Å². The third-order valence-corrected chi connectivity index (χ3v) is 5.94. The van der Waals surface area contributed by atoms with Crippen LogP contribution in [0.4, 0.5) is 0 Å². The van der Waals surface area contributed by atoms with E-state index in [0.717, 1.165) is 48.1 Å². The van der Waals surface area contributed by atoms with E-state index in [1.165, 1.54) is 0 Å². The van der Waals surface area contributed by atoms with Gasteiger partial charge in [0, 0.05) is 12.6 Å². The first-order chi connectivity index (χ1) is 15.4. The van der Waals surface area contributed by atoms with Crippen molar-refractivity contribution < 1.29 is 19.1 Å². The summed E-state index contributed by atoms with van der Waals surface area (Å²) in [6.07, 6.45) is 4.27. The van der Waals surface area contributed by atoms with Crippen LogP contribution in [0.1, 0.15) is 49.3 Å². The van der Waals surface area contributed by atoms with Crippen LogP contribution in [0.3, 0.4) is 0 Å². The lowest BCUT2D eigenvalue weighted by Crippen LogP contribution is -2.50. The minimum Gasteiger partial charge on any atom is -0.497 e. The van der Waals surface area contributed by atoms with E-state index in [0.29, 0.717) is 12.3 Å². The minimum absolute atomic E-state index is 0.120. The molecule has 0 unspecified atom stereocenters. The van der Waals surface area contributed by atoms with Crippen molar-refractivity contribution in [3.63, 3.8) is 0 Å². The molecule has 172 valence electrons. The van der Waals surface area contributed by atoms with Gasteiger partial charge in [0.25, 0.3) is 5.91 Å². The highest BCUT2D eigenvalue weighted by Crippen LogP contribution is 2.20. The summed E-state index contributed by atoms with van der Waals surface area (Å²) in [5, 5.41) is 3.11. The fourth-order valence-corrected chi connectivity index (χ4v) is 4.15. The zero-order chi connectivity index (χ0) is 23.1. The van der Waals surface area contributed by atoms with Crippen molar-refractivity contribution in [3.05, 3.63) is 59.2 Å². The Balaban J connectivity index is 1.72. The van der Waals surface area contributed by atoms with Crippen LogP contribution in [0, 0.1) is 13.8 Å². The van der Waals surface area contributed by atoms with E-state index in [4.69, 9.17) is 9.47 Å². The second-order valence-electron chi connectivity index (χ2n) is 8.65. The van der Waals surface area contributed by atoms with Gasteiger partial charge in [0.15, 0.2) is 6.61 Å². The lowest BCUT2D eigenvalue weighted by atomic mass is 10.1. The number of methoxy groups -OCH3 is 1. The van der Waals surface area contributed by atoms with Crippen molar-refractivity contribution >= 4 is 11.8 Å². The summed E-state index contributed by atoms with van der Waals surface area (Å²) in [7, 11) is 1.62. The number of rotatable bonds is 9. The summed E-state index contributed by atoms with van der Waals surface area (Å²) in [6.45, 7) is 5.96. The first kappa shape index (κ1) is 23.6. The molecule has 0 aliphatic heterocycles. The monoisotopic (exact) mass is 438 g/mol. The van der Waals surface area contributed by atoms with Crippen LogP contribution in [0.25, 0.3) is 0 Å². The first-order valence-electron chi connectivity index (χ1n) is 11.3. The third kappa shape index (κ3) is 6.49. The number of aryl methyl sites for hydroxylation is 2. The number of hydrogen-bond donors (Lipinski definition) is 1. The molecule has 2 aromatic rings. The van der Waals surface area contributed by atoms with Gasteiger partial charge < -0.3 is 19.7 Å². The molecule has 1 fully saturated rings. The van der Waals surface area contributed by atoms with E-state index >= 15 is 0 Å². The number of amides is 2. The molecule has 0 heterocycles. The number of ether oxygens (including phenoxy) is 2. The standard InChI is InChI=1S/C26H34N2O4/c1-18-13-19(2)15-24(14-18)32-17-25(29)28(16-21-9-11-23(31-4)12-10-21)20(3)26(30)27-22-7-5-6-8-22/h9-15,20,22H,5-8,16-17H2,1-4H3,(H,27,30)/t20-/m0/s1. The third-order valence-electron chi connectivity index (χ3n) is 5.94. The lowest BCUT2D eigenvalue weighted by Gasteiger charge is -2.29. The summed E-state index contributed by atoms with van der Waals surface area (Å²) in [5.41, 5.74) is 3.07. The van der Waals surface area contributed by atoms with E-state index in [1.54, 1.807) is 18.9 Å². The molecule has 2 aromatic carbocycles. The van der Waals surface area contributed by atoms with Crippen LogP contribution in [-0.4, -0.2) is 42.5 Å². The molecular weight excluding hydrogens is 404 g/mol. The predicted octanol–water partition coefficient (Wildman–Crippen LogP) is 4.17. The van der Waals surface area contributed by atoms with E-state index in [-0.39, 0.29) is 24.5 Å². The molecule has 6 heteroatoms. The van der Waals surface area contributed by atoms with Gasteiger partial charge in [-0.2, -0.15) is 0 Å². The quantitative estimate of drug-likeness (QED) is 0.638. The molecule has 0 radical (unpaired) electrons. The van der Waals surface area contributed by atoms with Crippen LogP contribution in [0.2, 0.25) is 0 Å². The van der Waals surface area contributed by atoms with E-state index in [9.17, 15) is 9.59 Å². The molecule has 32 heavy (non-hydrogen) atoms. The SMILES string of the molecule is COc1ccc(CN(C(=O)COc2cc(C)cc(C)c2)[C@@H](C)C(=O)NC2CCCC2)cc1. The number of benzene rings is 2. The summed E-state index contributed by atoms with van der Waals surface area (Å²) in [5.74, 6) is 1.05. The molecule has 0 spiro atoms. The van der Waals surface area contributed by atoms with Crippen molar-refractivity contribution in [3.8, 4) is 11.5 Å². The van der Waals surface area contributed by atoms with Crippen molar-refractivity contribution in [1.29, 1.82) is 0 Å². The second-order valence-corrected chi connectivity index (χ2v) is 8.65. The molecule has 1 atom stereocenters. The van der Waals surface area contributed by atoms with E-state index in [2.05, 4.69) is 11.4 Å². The Morgan fingerprint density at radius 1 is 1.03 bits per heavy atom. The zero-order valence-electron chi connectivity index (χ0n) is 19.5. The molecule has 0 saturated heterocycles. The summed E-state index contributed by atoms with van der Waals surface area (Å²) < 4.78 is 11.0. The minimum atomic E-state index is -0.604. The molecule has 1 N–H and O–H groups in total. The van der Waals surface area contributed by atoms with Crippen LogP contribution in [0.15, 0.2) is 42.5 Å². The molecular formula is C26H34N2O4. The average molecular weight is 439 g/mol. The highest BCUT2D eigenvalue weighted by atomic mass is 16.5. The zero-order valence-corrected chi connectivity index (χ0v) is 19.5. The molecule has 1 saturated carbocycles. The largest absolute Gasteiger partial charge is 0.497 e. The van der Waals surface area contributed by atoms with Gasteiger partial charge in [0.05, 0.1) is 7.11 Å². The number of hydrogen-bond acceptors (Lipinski definition) is 4. The number of nitrogens with one attached hydrogen (secondary N) is 1. The van der Waals surface area contributed by atoms with Gasteiger partial charge in [-0.15, -0.1) is 0 Å². The Morgan fingerprint density at radius 2 is 1.66 bits per heavy atom. The molecule has 0 bridgehead atoms. The first-order valence-corrected chi connectivity index (χ1v) is 11.3. The molecule has 1 aliphatic carbocycles. The van der Waals surface area contributed by atoms with Crippen molar-refractivity contribution in [2.24, 2.45) is 0 Å². The van der Waals surface area contributed by atoms with Gasteiger partial charge in [0.1, 0.15) is 17.5 Å².